The van der Waals surface area contributed by atoms with E-state index in [-0.39, 0.29) is 29.1 Å². The van der Waals surface area contributed by atoms with Crippen LogP contribution in [0.3, 0.4) is 0 Å². The average molecular weight is 491 g/mol. The number of carbonyl (C=O) groups excluding carboxylic acids is 4. The van der Waals surface area contributed by atoms with Crippen LogP contribution in [0, 0.1) is 34.0 Å². The molecule has 0 aromatic heterocycles. The fourth-order valence-corrected chi connectivity index (χ4v) is 8.85. The van der Waals surface area contributed by atoms with Crippen molar-refractivity contribution in [1.82, 2.24) is 0 Å². The highest BCUT2D eigenvalue weighted by Crippen LogP contribution is 2.74. The Morgan fingerprint density at radius 3 is 2.31 bits per heavy atom. The molecule has 1 aliphatic heterocycles. The number of fused-ring (bicyclic) bond motifs is 1. The Balaban J connectivity index is 1.80. The number of esters is 3. The van der Waals surface area contributed by atoms with E-state index in [1.165, 1.54) is 20.8 Å². The number of ketones is 1. The van der Waals surface area contributed by atoms with Gasteiger partial charge < -0.3 is 24.1 Å². The number of ether oxygens (including phenoxy) is 4. The molecule has 35 heavy (non-hydrogen) atoms. The predicted octanol–water partition coefficient (Wildman–Crippen LogP) is 2.09. The van der Waals surface area contributed by atoms with Gasteiger partial charge in [-0.25, -0.2) is 0 Å². The monoisotopic (exact) mass is 490 g/mol. The summed E-state index contributed by atoms with van der Waals surface area (Å²) in [4.78, 5) is 51.2. The Kier molecular flexibility index (Phi) is 5.49. The van der Waals surface area contributed by atoms with Gasteiger partial charge in [0.1, 0.15) is 23.7 Å². The minimum Gasteiger partial charge on any atom is -0.462 e. The Morgan fingerprint density at radius 1 is 1.03 bits per heavy atom. The summed E-state index contributed by atoms with van der Waals surface area (Å²) in [7, 11) is 0. The first-order valence-electron chi connectivity index (χ1n) is 12.4. The molecule has 5 aliphatic rings. The Hall–Kier alpha value is -2.26. The largest absolute Gasteiger partial charge is 0.462 e. The van der Waals surface area contributed by atoms with Crippen molar-refractivity contribution in [3.8, 4) is 0 Å². The fraction of sp³-hybridized carbons (Fsp3) is 0.769. The SMILES string of the molecule is C=C1C(=O)[C@@]23[C@H](OC(C)=O)[C@H]1C[C@H](OC(C)=O)[C@H]2[C@@]12CCC[C@@](C)(CO[C@@H]1O)[C@H]2C[C@H]3OC(C)=O. The zero-order chi connectivity index (χ0) is 25.5. The molecule has 4 saturated carbocycles. The highest BCUT2D eigenvalue weighted by molar-refractivity contribution is 6.05. The molecule has 0 radical (unpaired) electrons. The first kappa shape index (κ1) is 24.4. The molecule has 9 heteroatoms. The molecule has 1 N–H and O–H groups in total. The van der Waals surface area contributed by atoms with Crippen molar-refractivity contribution in [3.63, 3.8) is 0 Å². The van der Waals surface area contributed by atoms with Crippen molar-refractivity contribution in [2.75, 3.05) is 6.61 Å². The highest BCUT2D eigenvalue weighted by atomic mass is 16.6. The van der Waals surface area contributed by atoms with Crippen molar-refractivity contribution in [2.45, 2.75) is 84.4 Å². The maximum atomic E-state index is 14.2. The quantitative estimate of drug-likeness (QED) is 0.359. The summed E-state index contributed by atoms with van der Waals surface area (Å²) in [6.07, 6.45) is -1.13. The standard InChI is InChI=1S/C26H34O9/c1-12-16-9-17(33-13(2)27)20-25-8-6-7-24(5,11-32-23(25)31)18(25)10-19(34-14(3)28)26(20,21(12)30)22(16)35-15(4)29/h16-20,22-23,31H,1,6-11H2,2-5H3/t16-,17-,18+,19+,20-,22+,23-,24-,25-,26-/m0/s1. The number of aliphatic hydroxyl groups excluding tert-OH is 1. The summed E-state index contributed by atoms with van der Waals surface area (Å²) in [5, 5.41) is 11.5. The lowest BCUT2D eigenvalue weighted by Crippen LogP contribution is -2.76. The van der Waals surface area contributed by atoms with Gasteiger partial charge >= 0.3 is 17.9 Å². The normalized spacial score (nSPS) is 47.9. The maximum absolute atomic E-state index is 14.2. The van der Waals surface area contributed by atoms with E-state index in [1.54, 1.807) is 0 Å². The van der Waals surface area contributed by atoms with Crippen LogP contribution in [0.1, 0.15) is 59.8 Å². The van der Waals surface area contributed by atoms with Gasteiger partial charge in [0.25, 0.3) is 0 Å². The number of Topliss-reactive ketones (excluding diaryl/α,β-unsaturated/α-hetero) is 1. The first-order chi connectivity index (χ1) is 16.4. The van der Waals surface area contributed by atoms with Crippen molar-refractivity contribution in [1.29, 1.82) is 0 Å². The Labute approximate surface area is 204 Å². The molecule has 0 aromatic carbocycles. The molecular weight excluding hydrogens is 456 g/mol. The molecule has 4 bridgehead atoms. The topological polar surface area (TPSA) is 125 Å². The number of rotatable bonds is 3. The van der Waals surface area contributed by atoms with Crippen molar-refractivity contribution in [3.05, 3.63) is 12.2 Å². The predicted molar refractivity (Wildman–Crippen MR) is 119 cm³/mol. The van der Waals surface area contributed by atoms with E-state index in [9.17, 15) is 24.3 Å². The van der Waals surface area contributed by atoms with Crippen LogP contribution < -0.4 is 0 Å². The molecule has 5 fully saturated rings. The van der Waals surface area contributed by atoms with Gasteiger partial charge in [0.2, 0.25) is 0 Å². The molecule has 192 valence electrons. The van der Waals surface area contributed by atoms with Gasteiger partial charge in [-0.1, -0.05) is 19.9 Å². The van der Waals surface area contributed by atoms with Crippen molar-refractivity contribution < 1.29 is 43.2 Å². The summed E-state index contributed by atoms with van der Waals surface area (Å²) >= 11 is 0. The van der Waals surface area contributed by atoms with Crippen LogP contribution in [0.15, 0.2) is 12.2 Å². The molecule has 1 saturated heterocycles. The highest BCUT2D eigenvalue weighted by Gasteiger charge is 2.82. The number of hydrogen-bond acceptors (Lipinski definition) is 9. The van der Waals surface area contributed by atoms with Crippen molar-refractivity contribution in [2.24, 2.45) is 34.0 Å². The van der Waals surface area contributed by atoms with Crippen LogP contribution in [0.5, 0.6) is 0 Å². The lowest BCUT2D eigenvalue weighted by Gasteiger charge is -2.70. The molecule has 1 spiro atoms. The molecule has 0 aromatic rings. The smallest absolute Gasteiger partial charge is 0.302 e. The van der Waals surface area contributed by atoms with Crippen LogP contribution in [-0.4, -0.2) is 60.0 Å². The van der Waals surface area contributed by atoms with Gasteiger partial charge in [-0.3, -0.25) is 19.2 Å². The molecule has 10 atom stereocenters. The van der Waals surface area contributed by atoms with Gasteiger partial charge in [0, 0.05) is 38.0 Å². The lowest BCUT2D eigenvalue weighted by molar-refractivity contribution is -0.357. The second-order valence-corrected chi connectivity index (χ2v) is 11.5. The number of aliphatic hydroxyl groups is 1. The zero-order valence-electron chi connectivity index (χ0n) is 20.7. The van der Waals surface area contributed by atoms with Gasteiger partial charge in [0.15, 0.2) is 12.1 Å². The zero-order valence-corrected chi connectivity index (χ0v) is 20.7. The summed E-state index contributed by atoms with van der Waals surface area (Å²) in [6.45, 7) is 10.4. The van der Waals surface area contributed by atoms with E-state index in [0.717, 1.165) is 12.8 Å². The molecular formula is C26H34O9. The molecule has 5 rings (SSSR count). The second-order valence-electron chi connectivity index (χ2n) is 11.5. The maximum Gasteiger partial charge on any atom is 0.302 e. The third-order valence-electron chi connectivity index (χ3n) is 9.70. The van der Waals surface area contributed by atoms with E-state index in [2.05, 4.69) is 13.5 Å². The van der Waals surface area contributed by atoms with Crippen LogP contribution in [0.4, 0.5) is 0 Å². The van der Waals surface area contributed by atoms with Gasteiger partial charge in [0.05, 0.1) is 6.61 Å². The number of carbonyl (C=O) groups is 4. The molecule has 9 nitrogen and oxygen atoms in total. The summed E-state index contributed by atoms with van der Waals surface area (Å²) in [6, 6.07) is 0. The van der Waals surface area contributed by atoms with Crippen LogP contribution >= 0.6 is 0 Å². The van der Waals surface area contributed by atoms with Gasteiger partial charge in [-0.2, -0.15) is 0 Å². The van der Waals surface area contributed by atoms with E-state index in [0.29, 0.717) is 19.4 Å². The third kappa shape index (κ3) is 3.06. The van der Waals surface area contributed by atoms with E-state index >= 15 is 0 Å². The second kappa shape index (κ2) is 7.87. The summed E-state index contributed by atoms with van der Waals surface area (Å²) in [5.41, 5.74) is -2.54. The lowest BCUT2D eigenvalue weighted by atomic mass is 9.37. The summed E-state index contributed by atoms with van der Waals surface area (Å²) < 4.78 is 23.6. The first-order valence-corrected chi connectivity index (χ1v) is 12.4. The molecule has 4 aliphatic carbocycles. The van der Waals surface area contributed by atoms with Gasteiger partial charge in [-0.15, -0.1) is 0 Å². The number of hydrogen-bond donors (Lipinski definition) is 1. The van der Waals surface area contributed by atoms with Crippen LogP contribution in [-0.2, 0) is 38.1 Å². The van der Waals surface area contributed by atoms with E-state index in [1.807, 2.05) is 0 Å². The average Bonchev–Trinajstić information content (AvgIpc) is 2.87. The van der Waals surface area contributed by atoms with E-state index < -0.39 is 65.2 Å². The Morgan fingerprint density at radius 2 is 1.69 bits per heavy atom. The third-order valence-corrected chi connectivity index (χ3v) is 9.70. The van der Waals surface area contributed by atoms with Crippen LogP contribution in [0.25, 0.3) is 0 Å². The molecule has 1 heterocycles. The fourth-order valence-electron chi connectivity index (χ4n) is 8.85. The Bertz CT molecular complexity index is 1000. The van der Waals surface area contributed by atoms with Gasteiger partial charge in [-0.05, 0) is 42.6 Å². The minimum absolute atomic E-state index is 0.165. The van der Waals surface area contributed by atoms with Crippen molar-refractivity contribution >= 4 is 23.7 Å². The van der Waals surface area contributed by atoms with E-state index in [4.69, 9.17) is 18.9 Å². The minimum atomic E-state index is -1.53. The summed E-state index contributed by atoms with van der Waals surface area (Å²) in [5.74, 6) is -3.53. The molecule has 0 amide bonds. The van der Waals surface area contributed by atoms with Crippen LogP contribution in [0.2, 0.25) is 0 Å². The molecule has 0 unspecified atom stereocenters.